The molecule has 2 saturated heterocycles. The molecule has 144 valence electrons. The normalized spacial score (nSPS) is 28.1. The van der Waals surface area contributed by atoms with Gasteiger partial charge in [-0.3, -0.25) is 9.59 Å². The third-order valence-electron chi connectivity index (χ3n) is 6.44. The first-order valence-electron chi connectivity index (χ1n) is 10.5. The van der Waals surface area contributed by atoms with Gasteiger partial charge in [-0.25, -0.2) is 0 Å². The number of fused-ring (bicyclic) bond motifs is 2. The summed E-state index contributed by atoms with van der Waals surface area (Å²) in [4.78, 5) is 26.7. The number of hydrogen-bond acceptors (Lipinski definition) is 2. The molecule has 0 aromatic rings. The average molecular weight is 351 g/mol. The third-order valence-corrected chi connectivity index (χ3v) is 6.44. The highest BCUT2D eigenvalue weighted by Gasteiger charge is 2.43. The van der Waals surface area contributed by atoms with Gasteiger partial charge in [0, 0.05) is 31.0 Å². The van der Waals surface area contributed by atoms with E-state index in [2.05, 4.69) is 37.9 Å². The van der Waals surface area contributed by atoms with Gasteiger partial charge in [0.1, 0.15) is 0 Å². The van der Waals surface area contributed by atoms with E-state index in [0.717, 1.165) is 32.1 Å². The number of hydrogen-bond donors (Lipinski definition) is 1. The van der Waals surface area contributed by atoms with E-state index in [1.165, 1.54) is 12.8 Å². The van der Waals surface area contributed by atoms with Crippen LogP contribution in [0.2, 0.25) is 0 Å². The zero-order chi connectivity index (χ0) is 18.6. The van der Waals surface area contributed by atoms with Gasteiger partial charge in [0.25, 0.3) is 0 Å². The zero-order valence-electron chi connectivity index (χ0n) is 16.9. The predicted octanol–water partition coefficient (Wildman–Crippen LogP) is 4.13. The summed E-state index contributed by atoms with van der Waals surface area (Å²) in [7, 11) is 0. The van der Waals surface area contributed by atoms with E-state index < -0.39 is 0 Å². The maximum absolute atomic E-state index is 12.9. The van der Waals surface area contributed by atoms with Crippen molar-refractivity contribution < 1.29 is 9.59 Å². The molecule has 2 fully saturated rings. The molecule has 4 unspecified atom stereocenters. The van der Waals surface area contributed by atoms with E-state index in [9.17, 15) is 9.59 Å². The van der Waals surface area contributed by atoms with Crippen molar-refractivity contribution in [2.24, 2.45) is 17.8 Å². The fourth-order valence-electron chi connectivity index (χ4n) is 5.01. The van der Waals surface area contributed by atoms with Crippen molar-refractivity contribution in [3.05, 3.63) is 0 Å². The van der Waals surface area contributed by atoms with Gasteiger partial charge < -0.3 is 10.2 Å². The maximum Gasteiger partial charge on any atom is 0.223 e. The summed E-state index contributed by atoms with van der Waals surface area (Å²) in [6.45, 7) is 10.7. The van der Waals surface area contributed by atoms with Gasteiger partial charge in [0.05, 0.1) is 0 Å². The quantitative estimate of drug-likeness (QED) is 0.715. The molecule has 0 saturated carbocycles. The second kappa shape index (κ2) is 9.05. The summed E-state index contributed by atoms with van der Waals surface area (Å²) in [6, 6.07) is 1.12. The standard InChI is InChI=1S/C21H38N2O2/c1-6-17(14(3)4)13-21(25)23-18-8-9-19(23)12-16(11-18)10-15(5)22-20(24)7-2/h14-19H,6-13H2,1-5H3,(H,22,24). The Kier molecular flexibility index (Phi) is 7.33. The van der Waals surface area contributed by atoms with Crippen molar-refractivity contribution in [1.82, 2.24) is 10.2 Å². The number of nitrogens with zero attached hydrogens (tertiary/aromatic N) is 1. The van der Waals surface area contributed by atoms with Crippen molar-refractivity contribution in [2.45, 2.75) is 104 Å². The highest BCUT2D eigenvalue weighted by molar-refractivity contribution is 5.77. The SMILES string of the molecule is CCC(=O)NC(C)CC1CC2CCC(C1)N2C(=O)CC(CC)C(C)C. The molecule has 0 aromatic carbocycles. The Labute approximate surface area is 154 Å². The molecule has 0 aromatic heterocycles. The molecule has 1 N–H and O–H groups in total. The second-order valence-corrected chi connectivity index (χ2v) is 8.70. The predicted molar refractivity (Wildman–Crippen MR) is 102 cm³/mol. The van der Waals surface area contributed by atoms with E-state index in [1.807, 2.05) is 6.92 Å². The van der Waals surface area contributed by atoms with Crippen molar-refractivity contribution in [1.29, 1.82) is 0 Å². The van der Waals surface area contributed by atoms with E-state index in [4.69, 9.17) is 0 Å². The highest BCUT2D eigenvalue weighted by atomic mass is 16.2. The summed E-state index contributed by atoms with van der Waals surface area (Å²) in [5.41, 5.74) is 0. The summed E-state index contributed by atoms with van der Waals surface area (Å²) in [5, 5.41) is 3.09. The van der Waals surface area contributed by atoms with Gasteiger partial charge in [-0.1, -0.05) is 34.1 Å². The van der Waals surface area contributed by atoms with Gasteiger partial charge in [0.15, 0.2) is 0 Å². The Morgan fingerprint density at radius 1 is 1.08 bits per heavy atom. The number of carbonyl (C=O) groups is 2. The molecular formula is C21H38N2O2. The van der Waals surface area contributed by atoms with Crippen molar-refractivity contribution in [3.8, 4) is 0 Å². The maximum atomic E-state index is 12.9. The zero-order valence-corrected chi connectivity index (χ0v) is 16.9. The minimum Gasteiger partial charge on any atom is -0.354 e. The lowest BCUT2D eigenvalue weighted by molar-refractivity contribution is -0.137. The number of nitrogens with one attached hydrogen (secondary N) is 1. The van der Waals surface area contributed by atoms with E-state index in [0.29, 0.717) is 42.2 Å². The van der Waals surface area contributed by atoms with Crippen LogP contribution < -0.4 is 5.32 Å². The lowest BCUT2D eigenvalue weighted by Crippen LogP contribution is -2.48. The van der Waals surface area contributed by atoms with E-state index in [1.54, 1.807) is 0 Å². The lowest BCUT2D eigenvalue weighted by atomic mass is 9.84. The fourth-order valence-corrected chi connectivity index (χ4v) is 5.01. The van der Waals surface area contributed by atoms with Crippen LogP contribution in [-0.4, -0.2) is 34.8 Å². The molecule has 0 spiro atoms. The molecule has 2 heterocycles. The van der Waals surface area contributed by atoms with Gasteiger partial charge in [-0.2, -0.15) is 0 Å². The Balaban J connectivity index is 1.89. The first kappa shape index (κ1) is 20.3. The topological polar surface area (TPSA) is 49.4 Å². The van der Waals surface area contributed by atoms with Crippen molar-refractivity contribution in [3.63, 3.8) is 0 Å². The molecule has 0 radical (unpaired) electrons. The lowest BCUT2D eigenvalue weighted by Gasteiger charge is -2.40. The monoisotopic (exact) mass is 350 g/mol. The van der Waals surface area contributed by atoms with Crippen LogP contribution in [-0.2, 0) is 9.59 Å². The van der Waals surface area contributed by atoms with Crippen molar-refractivity contribution >= 4 is 11.8 Å². The van der Waals surface area contributed by atoms with Gasteiger partial charge in [0.2, 0.25) is 11.8 Å². The van der Waals surface area contributed by atoms with E-state index >= 15 is 0 Å². The van der Waals surface area contributed by atoms with Gasteiger partial charge in [-0.05, 0) is 56.8 Å². The van der Waals surface area contributed by atoms with Crippen LogP contribution >= 0.6 is 0 Å². The Morgan fingerprint density at radius 2 is 1.68 bits per heavy atom. The van der Waals surface area contributed by atoms with Crippen molar-refractivity contribution in [2.75, 3.05) is 0 Å². The molecule has 2 bridgehead atoms. The van der Waals surface area contributed by atoms with Crippen LogP contribution in [0.3, 0.4) is 0 Å². The molecule has 25 heavy (non-hydrogen) atoms. The molecule has 2 rings (SSSR count). The van der Waals surface area contributed by atoms with Crippen LogP contribution in [0.5, 0.6) is 0 Å². The average Bonchev–Trinajstić information content (AvgIpc) is 2.83. The molecule has 2 aliphatic rings. The first-order chi connectivity index (χ1) is 11.8. The second-order valence-electron chi connectivity index (χ2n) is 8.70. The largest absolute Gasteiger partial charge is 0.354 e. The number of rotatable bonds is 8. The highest BCUT2D eigenvalue weighted by Crippen LogP contribution is 2.41. The summed E-state index contributed by atoms with van der Waals surface area (Å²) < 4.78 is 0. The van der Waals surface area contributed by atoms with Gasteiger partial charge >= 0.3 is 0 Å². The number of piperidine rings is 1. The minimum atomic E-state index is 0.141. The smallest absolute Gasteiger partial charge is 0.223 e. The Morgan fingerprint density at radius 3 is 2.16 bits per heavy atom. The molecule has 4 heteroatoms. The molecule has 4 atom stereocenters. The first-order valence-corrected chi connectivity index (χ1v) is 10.5. The molecule has 4 nitrogen and oxygen atoms in total. The molecule has 2 amide bonds. The Hall–Kier alpha value is -1.06. The summed E-state index contributed by atoms with van der Waals surface area (Å²) in [6.07, 6.45) is 7.97. The minimum absolute atomic E-state index is 0.141. The number of carbonyl (C=O) groups excluding carboxylic acids is 2. The van der Waals surface area contributed by atoms with Crippen LogP contribution in [0.4, 0.5) is 0 Å². The summed E-state index contributed by atoms with van der Waals surface area (Å²) in [5.74, 6) is 2.25. The summed E-state index contributed by atoms with van der Waals surface area (Å²) >= 11 is 0. The van der Waals surface area contributed by atoms with Gasteiger partial charge in [-0.15, -0.1) is 0 Å². The van der Waals surface area contributed by atoms with E-state index in [-0.39, 0.29) is 11.9 Å². The fraction of sp³-hybridized carbons (Fsp3) is 0.905. The third kappa shape index (κ3) is 5.21. The molecule has 2 aliphatic heterocycles. The van der Waals surface area contributed by atoms with Crippen LogP contribution in [0.25, 0.3) is 0 Å². The van der Waals surface area contributed by atoms with Crippen LogP contribution in [0.1, 0.15) is 86.0 Å². The molecule has 0 aliphatic carbocycles. The Bertz CT molecular complexity index is 449. The molecular weight excluding hydrogens is 312 g/mol. The van der Waals surface area contributed by atoms with Crippen LogP contribution in [0.15, 0.2) is 0 Å². The van der Waals surface area contributed by atoms with Crippen LogP contribution in [0, 0.1) is 17.8 Å². The number of amides is 2.